The minimum absolute atomic E-state index is 0.0545. The highest BCUT2D eigenvalue weighted by atomic mass is 16.5. The van der Waals surface area contributed by atoms with E-state index in [1.807, 2.05) is 0 Å². The van der Waals surface area contributed by atoms with Gasteiger partial charge in [0.05, 0.1) is 14.2 Å². The summed E-state index contributed by atoms with van der Waals surface area (Å²) in [5.74, 6) is 0.529. The molecular weight excluding hydrogens is 308 g/mol. The van der Waals surface area contributed by atoms with Crippen LogP contribution in [0.25, 0.3) is 5.57 Å². The molecular formula is C19H18O5. The maximum Gasteiger partial charge on any atom is 0.178 e. The lowest BCUT2D eigenvalue weighted by Crippen LogP contribution is -1.96. The van der Waals surface area contributed by atoms with E-state index in [0.29, 0.717) is 28.2 Å². The summed E-state index contributed by atoms with van der Waals surface area (Å²) < 4.78 is 10.3. The largest absolute Gasteiger partial charge is 0.507 e. The lowest BCUT2D eigenvalue weighted by Gasteiger charge is -2.14. The van der Waals surface area contributed by atoms with Gasteiger partial charge in [-0.2, -0.15) is 0 Å². The smallest absolute Gasteiger partial charge is 0.178 e. The summed E-state index contributed by atoms with van der Waals surface area (Å²) >= 11 is 0. The van der Waals surface area contributed by atoms with Crippen LogP contribution >= 0.6 is 0 Å². The van der Waals surface area contributed by atoms with E-state index in [2.05, 4.69) is 6.58 Å². The fourth-order valence-corrected chi connectivity index (χ4v) is 2.22. The predicted octanol–water partition coefficient (Wildman–Crippen LogP) is 3.30. The second kappa shape index (κ2) is 7.37. The molecule has 0 aliphatic rings. The van der Waals surface area contributed by atoms with Crippen molar-refractivity contribution in [2.24, 2.45) is 0 Å². The molecule has 2 aromatic rings. The van der Waals surface area contributed by atoms with Crippen molar-refractivity contribution in [2.45, 2.75) is 0 Å². The van der Waals surface area contributed by atoms with Crippen molar-refractivity contribution in [3.63, 3.8) is 0 Å². The predicted molar refractivity (Wildman–Crippen MR) is 91.6 cm³/mol. The molecule has 0 fully saturated rings. The second-order valence-corrected chi connectivity index (χ2v) is 4.93. The van der Waals surface area contributed by atoms with E-state index in [0.717, 1.165) is 6.08 Å². The van der Waals surface area contributed by atoms with Gasteiger partial charge in [0, 0.05) is 16.7 Å². The Balaban J connectivity index is 2.74. The third-order valence-corrected chi connectivity index (χ3v) is 3.48. The molecule has 5 nitrogen and oxygen atoms in total. The molecule has 24 heavy (non-hydrogen) atoms. The molecule has 0 atom stereocenters. The first kappa shape index (κ1) is 17.1. The molecule has 0 bridgehead atoms. The van der Waals surface area contributed by atoms with Crippen LogP contribution in [0, 0.1) is 0 Å². The molecule has 0 aliphatic carbocycles. The monoisotopic (exact) mass is 326 g/mol. The van der Waals surface area contributed by atoms with Crippen molar-refractivity contribution in [1.29, 1.82) is 0 Å². The van der Waals surface area contributed by atoms with Gasteiger partial charge in [0.1, 0.15) is 23.0 Å². The SMILES string of the molecule is C=CC(=O)C=C(c1cc(OC)ccc1O)c1cc(OC)ccc1O. The maximum absolute atomic E-state index is 11.9. The van der Waals surface area contributed by atoms with Crippen LogP contribution in [0.15, 0.2) is 55.1 Å². The van der Waals surface area contributed by atoms with Gasteiger partial charge in [0.15, 0.2) is 5.78 Å². The fraction of sp³-hybridized carbons (Fsp3) is 0.105. The maximum atomic E-state index is 11.9. The Kier molecular flexibility index (Phi) is 5.27. The van der Waals surface area contributed by atoms with Gasteiger partial charge in [0.25, 0.3) is 0 Å². The first-order valence-corrected chi connectivity index (χ1v) is 7.13. The molecule has 0 aromatic heterocycles. The van der Waals surface area contributed by atoms with Crippen LogP contribution in [-0.4, -0.2) is 30.2 Å². The van der Waals surface area contributed by atoms with Crippen molar-refractivity contribution in [3.8, 4) is 23.0 Å². The van der Waals surface area contributed by atoms with Crippen LogP contribution in [0.5, 0.6) is 23.0 Å². The van der Waals surface area contributed by atoms with E-state index in [9.17, 15) is 15.0 Å². The molecule has 0 saturated carbocycles. The number of phenols is 2. The van der Waals surface area contributed by atoms with Crippen LogP contribution in [0.4, 0.5) is 0 Å². The minimum atomic E-state index is -0.366. The van der Waals surface area contributed by atoms with Gasteiger partial charge in [-0.15, -0.1) is 0 Å². The number of ketones is 1. The molecule has 5 heteroatoms. The molecule has 0 heterocycles. The summed E-state index contributed by atoms with van der Waals surface area (Å²) in [7, 11) is 2.99. The quantitative estimate of drug-likeness (QED) is 0.797. The van der Waals surface area contributed by atoms with Crippen LogP contribution in [-0.2, 0) is 4.79 Å². The molecule has 0 unspecified atom stereocenters. The van der Waals surface area contributed by atoms with Gasteiger partial charge in [-0.1, -0.05) is 6.58 Å². The van der Waals surface area contributed by atoms with Gasteiger partial charge < -0.3 is 19.7 Å². The highest BCUT2D eigenvalue weighted by Gasteiger charge is 2.16. The van der Waals surface area contributed by atoms with Crippen LogP contribution < -0.4 is 9.47 Å². The molecule has 2 aromatic carbocycles. The highest BCUT2D eigenvalue weighted by Crippen LogP contribution is 2.38. The van der Waals surface area contributed by atoms with Gasteiger partial charge in [-0.25, -0.2) is 0 Å². The number of rotatable bonds is 6. The number of carbonyl (C=O) groups is 1. The standard InChI is InChI=1S/C19H18O5/c1-4-12(20)9-15(16-10-13(23-2)5-7-18(16)21)17-11-14(24-3)6-8-19(17)22/h4-11,21-22H,1H2,2-3H3. The van der Waals surface area contributed by atoms with Gasteiger partial charge in [-0.05, 0) is 48.6 Å². The molecule has 2 rings (SSSR count). The molecule has 0 aliphatic heterocycles. The number of carbonyl (C=O) groups excluding carboxylic acids is 1. The van der Waals surface area contributed by atoms with E-state index >= 15 is 0 Å². The Morgan fingerprint density at radius 2 is 1.42 bits per heavy atom. The highest BCUT2D eigenvalue weighted by molar-refractivity contribution is 6.07. The minimum Gasteiger partial charge on any atom is -0.507 e. The Morgan fingerprint density at radius 1 is 0.958 bits per heavy atom. The van der Waals surface area contributed by atoms with Gasteiger partial charge in [-0.3, -0.25) is 4.79 Å². The topological polar surface area (TPSA) is 76.0 Å². The van der Waals surface area contributed by atoms with Crippen LogP contribution in [0.3, 0.4) is 0 Å². The summed E-state index contributed by atoms with van der Waals surface area (Å²) in [6.45, 7) is 3.44. The van der Waals surface area contributed by atoms with Crippen molar-refractivity contribution >= 4 is 11.4 Å². The van der Waals surface area contributed by atoms with Crippen molar-refractivity contribution in [1.82, 2.24) is 0 Å². The molecule has 124 valence electrons. The number of allylic oxidation sites excluding steroid dienone is 2. The normalized spacial score (nSPS) is 9.92. The second-order valence-electron chi connectivity index (χ2n) is 4.93. The summed E-state index contributed by atoms with van der Waals surface area (Å²) in [4.78, 5) is 11.9. The van der Waals surface area contributed by atoms with Gasteiger partial charge in [0.2, 0.25) is 0 Å². The number of ether oxygens (including phenoxy) is 2. The Labute approximate surface area is 140 Å². The third-order valence-electron chi connectivity index (χ3n) is 3.48. The lowest BCUT2D eigenvalue weighted by atomic mass is 9.94. The van der Waals surface area contributed by atoms with E-state index < -0.39 is 0 Å². The molecule has 0 radical (unpaired) electrons. The lowest BCUT2D eigenvalue weighted by molar-refractivity contribution is -0.110. The van der Waals surface area contributed by atoms with Crippen molar-refractivity contribution in [2.75, 3.05) is 14.2 Å². The van der Waals surface area contributed by atoms with E-state index in [-0.39, 0.29) is 17.3 Å². The molecule has 0 saturated heterocycles. The Morgan fingerprint density at radius 3 is 1.79 bits per heavy atom. The fourth-order valence-electron chi connectivity index (χ4n) is 2.22. The number of hydrogen-bond donors (Lipinski definition) is 2. The Bertz CT molecular complexity index is 750. The first-order valence-electron chi connectivity index (χ1n) is 7.13. The molecule has 0 spiro atoms. The van der Waals surface area contributed by atoms with E-state index in [1.165, 1.54) is 32.4 Å². The van der Waals surface area contributed by atoms with Gasteiger partial charge >= 0.3 is 0 Å². The number of methoxy groups -OCH3 is 2. The summed E-state index contributed by atoms with van der Waals surface area (Å²) in [6, 6.07) is 9.26. The summed E-state index contributed by atoms with van der Waals surface area (Å²) in [5.41, 5.74) is 1.01. The zero-order valence-electron chi connectivity index (χ0n) is 13.4. The van der Waals surface area contributed by atoms with Crippen molar-refractivity contribution < 1.29 is 24.5 Å². The van der Waals surface area contributed by atoms with E-state index in [1.54, 1.807) is 24.3 Å². The van der Waals surface area contributed by atoms with Crippen LogP contribution in [0.1, 0.15) is 11.1 Å². The zero-order valence-corrected chi connectivity index (χ0v) is 13.4. The average molecular weight is 326 g/mol. The number of hydrogen-bond acceptors (Lipinski definition) is 5. The summed E-state index contributed by atoms with van der Waals surface area (Å²) in [5, 5.41) is 20.4. The zero-order chi connectivity index (χ0) is 17.7. The van der Waals surface area contributed by atoms with E-state index in [4.69, 9.17) is 9.47 Å². The molecule has 0 amide bonds. The third kappa shape index (κ3) is 3.57. The average Bonchev–Trinajstić information content (AvgIpc) is 2.60. The first-order chi connectivity index (χ1) is 11.5. The summed E-state index contributed by atoms with van der Waals surface area (Å²) in [6.07, 6.45) is 2.43. The number of benzene rings is 2. The van der Waals surface area contributed by atoms with Crippen LogP contribution in [0.2, 0.25) is 0 Å². The van der Waals surface area contributed by atoms with Crippen molar-refractivity contribution in [3.05, 3.63) is 66.3 Å². The molecule has 2 N–H and O–H groups in total. The Hall–Kier alpha value is -3.21. The number of aromatic hydroxyl groups is 2. The number of phenolic OH excluding ortho intramolecular Hbond substituents is 2.